The molecule has 0 fully saturated rings. The molecule has 0 saturated heterocycles. The number of ether oxygens (including phenoxy) is 1. The molecule has 0 radical (unpaired) electrons. The summed E-state index contributed by atoms with van der Waals surface area (Å²) in [5.41, 5.74) is 1.09. The van der Waals surface area contributed by atoms with Gasteiger partial charge in [0.15, 0.2) is 0 Å². The Bertz CT molecular complexity index is 495. The average molecular weight is 259 g/mol. The van der Waals surface area contributed by atoms with Gasteiger partial charge in [-0.05, 0) is 33.0 Å². The van der Waals surface area contributed by atoms with Gasteiger partial charge in [0.2, 0.25) is 0 Å². The summed E-state index contributed by atoms with van der Waals surface area (Å²) in [6.07, 6.45) is 2.00. The second-order valence-electron chi connectivity index (χ2n) is 4.95. The van der Waals surface area contributed by atoms with Crippen LogP contribution in [0.5, 0.6) is 5.75 Å². The lowest BCUT2D eigenvalue weighted by Crippen LogP contribution is -2.30. The number of hydrogen-bond acceptors (Lipinski definition) is 3. The van der Waals surface area contributed by atoms with Crippen molar-refractivity contribution < 1.29 is 4.74 Å². The third-order valence-electron chi connectivity index (χ3n) is 2.82. The number of hydrogen-bond donors (Lipinski definition) is 1. The number of benzene rings is 1. The molecule has 0 unspecified atom stereocenters. The zero-order valence-electron chi connectivity index (χ0n) is 11.8. The fourth-order valence-electron chi connectivity index (χ4n) is 2.08. The van der Waals surface area contributed by atoms with Gasteiger partial charge in [0.05, 0.1) is 6.54 Å². The largest absolute Gasteiger partial charge is 0.489 e. The van der Waals surface area contributed by atoms with Gasteiger partial charge in [0, 0.05) is 18.4 Å². The van der Waals surface area contributed by atoms with Gasteiger partial charge in [-0.1, -0.05) is 18.2 Å². The van der Waals surface area contributed by atoms with Gasteiger partial charge in [0.1, 0.15) is 17.7 Å². The SMILES string of the molecule is Cc1cnc(CN(C)C[C@H](C)Oc2ccccc2)[nH]1. The molecule has 1 aromatic carbocycles. The molecule has 102 valence electrons. The van der Waals surface area contributed by atoms with E-state index in [9.17, 15) is 0 Å². The summed E-state index contributed by atoms with van der Waals surface area (Å²) in [6, 6.07) is 9.91. The van der Waals surface area contributed by atoms with E-state index in [0.29, 0.717) is 0 Å². The zero-order chi connectivity index (χ0) is 13.7. The molecule has 1 heterocycles. The number of likely N-dealkylation sites (N-methyl/N-ethyl adjacent to an activating group) is 1. The number of imidazole rings is 1. The monoisotopic (exact) mass is 259 g/mol. The van der Waals surface area contributed by atoms with Crippen LogP contribution in [-0.2, 0) is 6.54 Å². The van der Waals surface area contributed by atoms with Crippen LogP contribution in [0, 0.1) is 6.92 Å². The van der Waals surface area contributed by atoms with Gasteiger partial charge < -0.3 is 9.72 Å². The van der Waals surface area contributed by atoms with Crippen LogP contribution in [0.4, 0.5) is 0 Å². The summed E-state index contributed by atoms with van der Waals surface area (Å²) >= 11 is 0. The third-order valence-corrected chi connectivity index (χ3v) is 2.82. The number of nitrogens with zero attached hydrogens (tertiary/aromatic N) is 2. The standard InChI is InChI=1S/C15H21N3O/c1-12-9-16-15(17-12)11-18(3)10-13(2)19-14-7-5-4-6-8-14/h4-9,13H,10-11H2,1-3H3,(H,16,17)/t13-/m0/s1. The lowest BCUT2D eigenvalue weighted by molar-refractivity contribution is 0.157. The van der Waals surface area contributed by atoms with E-state index in [2.05, 4.69) is 28.8 Å². The highest BCUT2D eigenvalue weighted by Gasteiger charge is 2.09. The van der Waals surface area contributed by atoms with Gasteiger partial charge in [-0.2, -0.15) is 0 Å². The van der Waals surface area contributed by atoms with Gasteiger partial charge in [0.25, 0.3) is 0 Å². The minimum Gasteiger partial charge on any atom is -0.489 e. The van der Waals surface area contributed by atoms with E-state index in [1.807, 2.05) is 43.5 Å². The molecule has 0 saturated carbocycles. The molecule has 0 amide bonds. The van der Waals surface area contributed by atoms with Crippen molar-refractivity contribution in [2.24, 2.45) is 0 Å². The summed E-state index contributed by atoms with van der Waals surface area (Å²) in [6.45, 7) is 5.75. The fourth-order valence-corrected chi connectivity index (χ4v) is 2.08. The molecule has 0 aliphatic carbocycles. The zero-order valence-corrected chi connectivity index (χ0v) is 11.8. The maximum atomic E-state index is 5.86. The quantitative estimate of drug-likeness (QED) is 0.867. The molecule has 2 aromatic rings. The first kappa shape index (κ1) is 13.6. The Morgan fingerprint density at radius 2 is 2.05 bits per heavy atom. The number of rotatable bonds is 6. The highest BCUT2D eigenvalue weighted by atomic mass is 16.5. The van der Waals surface area contributed by atoms with Crippen LogP contribution in [-0.4, -0.2) is 34.6 Å². The van der Waals surface area contributed by atoms with E-state index < -0.39 is 0 Å². The highest BCUT2D eigenvalue weighted by molar-refractivity contribution is 5.21. The van der Waals surface area contributed by atoms with Crippen molar-refractivity contribution in [3.8, 4) is 5.75 Å². The van der Waals surface area contributed by atoms with Crippen LogP contribution in [0.25, 0.3) is 0 Å². The first-order valence-corrected chi connectivity index (χ1v) is 6.54. The summed E-state index contributed by atoms with van der Waals surface area (Å²) in [5, 5.41) is 0. The Kier molecular flexibility index (Phi) is 4.58. The topological polar surface area (TPSA) is 41.2 Å². The van der Waals surface area contributed by atoms with Gasteiger partial charge >= 0.3 is 0 Å². The second kappa shape index (κ2) is 6.38. The predicted octanol–water partition coefficient (Wildman–Crippen LogP) is 2.62. The van der Waals surface area contributed by atoms with Gasteiger partial charge in [-0.25, -0.2) is 4.98 Å². The molecule has 19 heavy (non-hydrogen) atoms. The fraction of sp³-hybridized carbons (Fsp3) is 0.400. The molecule has 2 rings (SSSR count). The lowest BCUT2D eigenvalue weighted by Gasteiger charge is -2.21. The van der Waals surface area contributed by atoms with Crippen LogP contribution >= 0.6 is 0 Å². The summed E-state index contributed by atoms with van der Waals surface area (Å²) in [4.78, 5) is 9.75. The predicted molar refractivity (Wildman–Crippen MR) is 76.2 cm³/mol. The third kappa shape index (κ3) is 4.41. The lowest BCUT2D eigenvalue weighted by atomic mass is 10.3. The molecule has 0 aliphatic heterocycles. The maximum Gasteiger partial charge on any atom is 0.120 e. The van der Waals surface area contributed by atoms with E-state index >= 15 is 0 Å². The van der Waals surface area contributed by atoms with Crippen molar-refractivity contribution in [3.63, 3.8) is 0 Å². The first-order valence-electron chi connectivity index (χ1n) is 6.54. The van der Waals surface area contributed by atoms with Gasteiger partial charge in [-0.3, -0.25) is 4.90 Å². The molecule has 1 N–H and O–H groups in total. The van der Waals surface area contributed by atoms with Crippen LogP contribution < -0.4 is 4.74 Å². The minimum absolute atomic E-state index is 0.142. The Hall–Kier alpha value is -1.81. The van der Waals surface area contributed by atoms with E-state index in [0.717, 1.165) is 30.4 Å². The number of nitrogens with one attached hydrogen (secondary N) is 1. The second-order valence-corrected chi connectivity index (χ2v) is 4.95. The Balaban J connectivity index is 1.80. The molecule has 0 spiro atoms. The summed E-state index contributed by atoms with van der Waals surface area (Å²) in [7, 11) is 2.07. The Morgan fingerprint density at radius 1 is 1.32 bits per heavy atom. The van der Waals surface area contributed by atoms with Crippen LogP contribution in [0.2, 0.25) is 0 Å². The van der Waals surface area contributed by atoms with Crippen molar-refractivity contribution >= 4 is 0 Å². The molecule has 0 bridgehead atoms. The highest BCUT2D eigenvalue weighted by Crippen LogP contribution is 2.11. The van der Waals surface area contributed by atoms with Crippen molar-refractivity contribution in [1.29, 1.82) is 0 Å². The van der Waals surface area contributed by atoms with E-state index in [-0.39, 0.29) is 6.10 Å². The Labute approximate surface area is 114 Å². The number of para-hydroxylation sites is 1. The molecule has 0 aliphatic rings. The number of aromatic nitrogens is 2. The molecule has 4 nitrogen and oxygen atoms in total. The first-order chi connectivity index (χ1) is 9.13. The Morgan fingerprint density at radius 3 is 2.68 bits per heavy atom. The number of aromatic amines is 1. The number of aryl methyl sites for hydroxylation is 1. The van der Waals surface area contributed by atoms with Gasteiger partial charge in [-0.15, -0.1) is 0 Å². The van der Waals surface area contributed by atoms with Crippen LogP contribution in [0.1, 0.15) is 18.4 Å². The molecule has 1 aromatic heterocycles. The van der Waals surface area contributed by atoms with Crippen molar-refractivity contribution in [2.75, 3.05) is 13.6 Å². The maximum absolute atomic E-state index is 5.86. The summed E-state index contributed by atoms with van der Waals surface area (Å²) in [5.74, 6) is 1.91. The van der Waals surface area contributed by atoms with E-state index in [1.165, 1.54) is 0 Å². The van der Waals surface area contributed by atoms with E-state index in [1.54, 1.807) is 0 Å². The van der Waals surface area contributed by atoms with Crippen molar-refractivity contribution in [2.45, 2.75) is 26.5 Å². The van der Waals surface area contributed by atoms with Crippen LogP contribution in [0.3, 0.4) is 0 Å². The molecule has 1 atom stereocenters. The van der Waals surface area contributed by atoms with Crippen LogP contribution in [0.15, 0.2) is 36.5 Å². The van der Waals surface area contributed by atoms with E-state index in [4.69, 9.17) is 4.74 Å². The smallest absolute Gasteiger partial charge is 0.120 e. The van der Waals surface area contributed by atoms with Crippen molar-refractivity contribution in [3.05, 3.63) is 48.0 Å². The summed E-state index contributed by atoms with van der Waals surface area (Å²) < 4.78 is 5.86. The molecular formula is C15H21N3O. The molecular weight excluding hydrogens is 238 g/mol. The average Bonchev–Trinajstić information content (AvgIpc) is 2.75. The normalized spacial score (nSPS) is 12.6. The number of H-pyrrole nitrogens is 1. The minimum atomic E-state index is 0.142. The molecule has 4 heteroatoms. The van der Waals surface area contributed by atoms with Crippen molar-refractivity contribution in [1.82, 2.24) is 14.9 Å².